The van der Waals surface area contributed by atoms with E-state index in [2.05, 4.69) is 15.6 Å². The zero-order chi connectivity index (χ0) is 21.0. The van der Waals surface area contributed by atoms with E-state index in [1.54, 1.807) is 26.1 Å². The van der Waals surface area contributed by atoms with Gasteiger partial charge in [0.1, 0.15) is 10.6 Å². The number of hydrogen-bond acceptors (Lipinski definition) is 7. The molecule has 0 spiro atoms. The third-order valence-corrected chi connectivity index (χ3v) is 7.17. The summed E-state index contributed by atoms with van der Waals surface area (Å²) in [6.07, 6.45) is 3.04. The van der Waals surface area contributed by atoms with Gasteiger partial charge < -0.3 is 9.84 Å². The second-order valence-electron chi connectivity index (χ2n) is 7.06. The van der Waals surface area contributed by atoms with Crippen LogP contribution < -0.4 is 10.9 Å². The molecule has 1 amide bonds. The number of aryl methyl sites for hydroxylation is 3. The molecule has 2 aromatic rings. The Kier molecular flexibility index (Phi) is 6.48. The van der Waals surface area contributed by atoms with E-state index in [-0.39, 0.29) is 41.1 Å². The van der Waals surface area contributed by atoms with Crippen molar-refractivity contribution in [2.24, 2.45) is 5.92 Å². The highest BCUT2D eigenvalue weighted by molar-refractivity contribution is 7.89. The second kappa shape index (κ2) is 8.87. The summed E-state index contributed by atoms with van der Waals surface area (Å²) in [6.45, 7) is 4.57. The molecule has 0 atom stereocenters. The number of nitrogens with one attached hydrogen (secondary N) is 1. The number of hydrogen-bond donors (Lipinski definition) is 1. The molecule has 2 aromatic heterocycles. The van der Waals surface area contributed by atoms with E-state index >= 15 is 0 Å². The lowest BCUT2D eigenvalue weighted by atomic mass is 9.97. The van der Waals surface area contributed by atoms with Gasteiger partial charge in [0.15, 0.2) is 5.76 Å². The van der Waals surface area contributed by atoms with Gasteiger partial charge in [-0.1, -0.05) is 5.16 Å². The fraction of sp³-hybridized carbons (Fsp3) is 0.556. The first-order valence-electron chi connectivity index (χ1n) is 9.53. The van der Waals surface area contributed by atoms with Crippen LogP contribution >= 0.6 is 0 Å². The summed E-state index contributed by atoms with van der Waals surface area (Å²) in [4.78, 5) is 24.1. The summed E-state index contributed by atoms with van der Waals surface area (Å²) in [7, 11) is -3.68. The molecule has 1 fully saturated rings. The van der Waals surface area contributed by atoms with Gasteiger partial charge >= 0.3 is 0 Å². The molecule has 3 rings (SSSR count). The molecule has 1 N–H and O–H groups in total. The molecule has 158 valence electrons. The Balaban J connectivity index is 1.47. The topological polar surface area (TPSA) is 127 Å². The van der Waals surface area contributed by atoms with E-state index in [0.717, 1.165) is 0 Å². The molecule has 10 nitrogen and oxygen atoms in total. The SMILES string of the molecule is Cc1noc(C)c1S(=O)(=O)N1CCC(C(=O)NCCCn2ncccc2=O)CC1. The number of carbonyl (C=O) groups is 1. The van der Waals surface area contributed by atoms with Crippen molar-refractivity contribution in [1.29, 1.82) is 0 Å². The largest absolute Gasteiger partial charge is 0.360 e. The highest BCUT2D eigenvalue weighted by Gasteiger charge is 2.35. The maximum atomic E-state index is 12.8. The maximum absolute atomic E-state index is 12.8. The van der Waals surface area contributed by atoms with Gasteiger partial charge in [0.25, 0.3) is 5.56 Å². The normalized spacial score (nSPS) is 16.1. The van der Waals surface area contributed by atoms with E-state index < -0.39 is 10.0 Å². The van der Waals surface area contributed by atoms with Gasteiger partial charge in [0.2, 0.25) is 15.9 Å². The minimum absolute atomic E-state index is 0.0900. The first-order valence-corrected chi connectivity index (χ1v) is 11.0. The van der Waals surface area contributed by atoms with E-state index in [9.17, 15) is 18.0 Å². The van der Waals surface area contributed by atoms with Crippen LogP contribution in [0.5, 0.6) is 0 Å². The van der Waals surface area contributed by atoms with Crippen LogP contribution in [0.25, 0.3) is 0 Å². The molecule has 0 saturated carbocycles. The molecule has 3 heterocycles. The Morgan fingerprint density at radius 1 is 1.31 bits per heavy atom. The van der Waals surface area contributed by atoms with Gasteiger partial charge in [-0.2, -0.15) is 9.40 Å². The standard InChI is InChI=1S/C18H25N5O5S/c1-13-17(14(2)28-21-13)29(26,27)22-11-6-15(7-12-22)18(25)19-8-4-10-23-16(24)5-3-9-20-23/h3,5,9,15H,4,6-8,10-12H2,1-2H3,(H,19,25). The zero-order valence-corrected chi connectivity index (χ0v) is 17.3. The van der Waals surface area contributed by atoms with Crippen molar-refractivity contribution in [3.05, 3.63) is 40.1 Å². The minimum Gasteiger partial charge on any atom is -0.360 e. The van der Waals surface area contributed by atoms with E-state index in [4.69, 9.17) is 4.52 Å². The average Bonchev–Trinajstić information content (AvgIpc) is 3.05. The van der Waals surface area contributed by atoms with Crippen LogP contribution in [0.3, 0.4) is 0 Å². The zero-order valence-electron chi connectivity index (χ0n) is 16.5. The van der Waals surface area contributed by atoms with Crippen LogP contribution in [-0.4, -0.2) is 53.2 Å². The Morgan fingerprint density at radius 3 is 2.66 bits per heavy atom. The number of amides is 1. The Morgan fingerprint density at radius 2 is 2.03 bits per heavy atom. The van der Waals surface area contributed by atoms with Crippen molar-refractivity contribution in [3.63, 3.8) is 0 Å². The number of carbonyl (C=O) groups excluding carboxylic acids is 1. The Labute approximate surface area is 168 Å². The van der Waals surface area contributed by atoms with Crippen molar-refractivity contribution in [1.82, 2.24) is 24.6 Å². The summed E-state index contributed by atoms with van der Waals surface area (Å²) < 4.78 is 33.4. The van der Waals surface area contributed by atoms with Crippen LogP contribution in [0.2, 0.25) is 0 Å². The molecule has 0 unspecified atom stereocenters. The molecule has 11 heteroatoms. The summed E-state index contributed by atoms with van der Waals surface area (Å²) in [5.74, 6) is -0.0502. The van der Waals surface area contributed by atoms with Crippen LogP contribution in [0.4, 0.5) is 0 Å². The van der Waals surface area contributed by atoms with Gasteiger partial charge in [-0.25, -0.2) is 13.1 Å². The van der Waals surface area contributed by atoms with Gasteiger partial charge in [-0.3, -0.25) is 9.59 Å². The van der Waals surface area contributed by atoms with Gasteiger partial charge in [0, 0.05) is 44.4 Å². The third kappa shape index (κ3) is 4.73. The molecule has 0 aromatic carbocycles. The lowest BCUT2D eigenvalue weighted by Gasteiger charge is -2.30. The molecule has 1 saturated heterocycles. The number of aromatic nitrogens is 3. The maximum Gasteiger partial charge on any atom is 0.266 e. The van der Waals surface area contributed by atoms with Gasteiger partial charge in [-0.05, 0) is 39.2 Å². The average molecular weight is 423 g/mol. The number of sulfonamides is 1. The molecular weight excluding hydrogens is 398 g/mol. The smallest absolute Gasteiger partial charge is 0.266 e. The van der Waals surface area contributed by atoms with Crippen LogP contribution in [-0.2, 0) is 21.4 Å². The minimum atomic E-state index is -3.68. The molecule has 0 bridgehead atoms. The first kappa shape index (κ1) is 21.2. The van der Waals surface area contributed by atoms with E-state index in [0.29, 0.717) is 38.0 Å². The van der Waals surface area contributed by atoms with Crippen LogP contribution in [0, 0.1) is 19.8 Å². The molecule has 0 radical (unpaired) electrons. The van der Waals surface area contributed by atoms with Gasteiger partial charge in [-0.15, -0.1) is 0 Å². The Hall–Kier alpha value is -2.53. The van der Waals surface area contributed by atoms with Crippen molar-refractivity contribution in [2.45, 2.75) is 44.6 Å². The first-order chi connectivity index (χ1) is 13.8. The van der Waals surface area contributed by atoms with Crippen molar-refractivity contribution in [2.75, 3.05) is 19.6 Å². The molecule has 29 heavy (non-hydrogen) atoms. The lowest BCUT2D eigenvalue weighted by molar-refractivity contribution is -0.126. The third-order valence-electron chi connectivity index (χ3n) is 5.02. The molecule has 1 aliphatic heterocycles. The molecule has 1 aliphatic rings. The van der Waals surface area contributed by atoms with Crippen molar-refractivity contribution < 1.29 is 17.7 Å². The van der Waals surface area contributed by atoms with E-state index in [1.807, 2.05) is 0 Å². The van der Waals surface area contributed by atoms with Crippen LogP contribution in [0.15, 0.2) is 32.5 Å². The molecule has 0 aliphatic carbocycles. The van der Waals surface area contributed by atoms with Crippen molar-refractivity contribution >= 4 is 15.9 Å². The summed E-state index contributed by atoms with van der Waals surface area (Å²) in [5, 5.41) is 10.6. The van der Waals surface area contributed by atoms with E-state index in [1.165, 1.54) is 15.1 Å². The van der Waals surface area contributed by atoms with Crippen LogP contribution in [0.1, 0.15) is 30.7 Å². The highest BCUT2D eigenvalue weighted by atomic mass is 32.2. The summed E-state index contributed by atoms with van der Waals surface area (Å²) in [5.41, 5.74) is 0.167. The predicted molar refractivity (Wildman–Crippen MR) is 104 cm³/mol. The quantitative estimate of drug-likeness (QED) is 0.641. The Bertz CT molecular complexity index is 1000. The number of nitrogens with zero attached hydrogens (tertiary/aromatic N) is 4. The highest BCUT2D eigenvalue weighted by Crippen LogP contribution is 2.27. The fourth-order valence-corrected chi connectivity index (χ4v) is 5.23. The summed E-state index contributed by atoms with van der Waals surface area (Å²) in [6, 6.07) is 3.02. The number of piperidine rings is 1. The second-order valence-corrected chi connectivity index (χ2v) is 8.94. The number of rotatable bonds is 7. The predicted octanol–water partition coefficient (Wildman–Crippen LogP) is 0.455. The monoisotopic (exact) mass is 423 g/mol. The van der Waals surface area contributed by atoms with Gasteiger partial charge in [0.05, 0.1) is 0 Å². The molecular formula is C18H25N5O5S. The summed E-state index contributed by atoms with van der Waals surface area (Å²) >= 11 is 0. The van der Waals surface area contributed by atoms with Crippen molar-refractivity contribution in [3.8, 4) is 0 Å². The fourth-order valence-electron chi connectivity index (χ4n) is 3.47. The lowest BCUT2D eigenvalue weighted by Crippen LogP contribution is -2.43.